The Bertz CT molecular complexity index is 1390. The van der Waals surface area contributed by atoms with Crippen molar-refractivity contribution in [2.45, 2.75) is 24.7 Å². The van der Waals surface area contributed by atoms with Crippen LogP contribution < -0.4 is 5.32 Å². The first-order valence-corrected chi connectivity index (χ1v) is 12.7. The van der Waals surface area contributed by atoms with E-state index in [1.165, 1.54) is 16.4 Å². The van der Waals surface area contributed by atoms with Crippen LogP contribution in [0.5, 0.6) is 0 Å². The Morgan fingerprint density at radius 3 is 2.32 bits per heavy atom. The summed E-state index contributed by atoms with van der Waals surface area (Å²) in [5, 5.41) is 2.84. The highest BCUT2D eigenvalue weighted by Crippen LogP contribution is 2.26. The van der Waals surface area contributed by atoms with Crippen LogP contribution in [0.15, 0.2) is 82.1 Å². The third-order valence-electron chi connectivity index (χ3n) is 6.18. The second-order valence-electron chi connectivity index (χ2n) is 8.63. The minimum Gasteiger partial charge on any atom is -0.436 e. The van der Waals surface area contributed by atoms with Crippen LogP contribution in [0.1, 0.15) is 30.1 Å². The zero-order chi connectivity index (χ0) is 23.7. The maximum Gasteiger partial charge on any atom is 0.255 e. The van der Waals surface area contributed by atoms with Crippen LogP contribution in [-0.2, 0) is 10.0 Å². The number of carbonyl (C=O) groups is 1. The molecule has 1 amide bonds. The summed E-state index contributed by atoms with van der Waals surface area (Å²) in [7, 11) is -3.54. The molecule has 1 saturated heterocycles. The van der Waals surface area contributed by atoms with Crippen LogP contribution in [0.4, 0.5) is 5.69 Å². The molecule has 1 aliphatic rings. The number of amides is 1. The van der Waals surface area contributed by atoms with E-state index in [0.29, 0.717) is 36.1 Å². The lowest BCUT2D eigenvalue weighted by molar-refractivity contribution is 0.102. The van der Waals surface area contributed by atoms with Gasteiger partial charge in [0.15, 0.2) is 5.58 Å². The predicted octanol–water partition coefficient (Wildman–Crippen LogP) is 5.17. The fourth-order valence-corrected chi connectivity index (χ4v) is 5.52. The molecule has 0 atom stereocenters. The number of benzene rings is 3. The molecular formula is C26H25N3O4S. The van der Waals surface area contributed by atoms with Gasteiger partial charge in [0.05, 0.1) is 4.90 Å². The monoisotopic (exact) mass is 475 g/mol. The molecule has 0 aliphatic carbocycles. The SMILES string of the molecule is CC1CCN(S(=O)(=O)c2ccc(C(=O)Nc3ccc(-c4nc5ccccc5o4)cc3)cc2)CC1. The molecule has 0 spiro atoms. The number of oxazole rings is 1. The van der Waals surface area contributed by atoms with Gasteiger partial charge in [0.2, 0.25) is 15.9 Å². The van der Waals surface area contributed by atoms with Gasteiger partial charge in [0.1, 0.15) is 5.52 Å². The first kappa shape index (κ1) is 22.3. The number of hydrogen-bond donors (Lipinski definition) is 1. The molecule has 0 unspecified atom stereocenters. The van der Waals surface area contributed by atoms with Gasteiger partial charge in [-0.2, -0.15) is 4.31 Å². The minimum absolute atomic E-state index is 0.210. The molecule has 0 saturated carbocycles. The van der Waals surface area contributed by atoms with E-state index in [-0.39, 0.29) is 10.8 Å². The number of fused-ring (bicyclic) bond motifs is 1. The smallest absolute Gasteiger partial charge is 0.255 e. The summed E-state index contributed by atoms with van der Waals surface area (Å²) in [6.45, 7) is 3.21. The van der Waals surface area contributed by atoms with Crippen molar-refractivity contribution in [1.82, 2.24) is 9.29 Å². The van der Waals surface area contributed by atoms with Crippen molar-refractivity contribution in [3.05, 3.63) is 78.4 Å². The highest BCUT2D eigenvalue weighted by Gasteiger charge is 2.28. The quantitative estimate of drug-likeness (QED) is 0.430. The number of para-hydroxylation sites is 2. The van der Waals surface area contributed by atoms with Gasteiger partial charge in [0.25, 0.3) is 5.91 Å². The first-order chi connectivity index (χ1) is 16.4. The van der Waals surface area contributed by atoms with Crippen molar-refractivity contribution >= 4 is 32.7 Å². The maximum absolute atomic E-state index is 12.9. The Labute approximate surface area is 198 Å². The fourth-order valence-electron chi connectivity index (χ4n) is 4.05. The van der Waals surface area contributed by atoms with E-state index >= 15 is 0 Å². The molecular weight excluding hydrogens is 450 g/mol. The Hall–Kier alpha value is -3.49. The van der Waals surface area contributed by atoms with Crippen LogP contribution in [0.25, 0.3) is 22.6 Å². The summed E-state index contributed by atoms with van der Waals surface area (Å²) >= 11 is 0. The number of hydrogen-bond acceptors (Lipinski definition) is 5. The lowest BCUT2D eigenvalue weighted by atomic mass is 10.0. The molecule has 8 heteroatoms. The zero-order valence-corrected chi connectivity index (χ0v) is 19.6. The number of anilines is 1. The summed E-state index contributed by atoms with van der Waals surface area (Å²) in [4.78, 5) is 17.4. The Morgan fingerprint density at radius 2 is 1.65 bits per heavy atom. The van der Waals surface area contributed by atoms with Gasteiger partial charge in [0, 0.05) is 29.9 Å². The highest BCUT2D eigenvalue weighted by molar-refractivity contribution is 7.89. The van der Waals surface area contributed by atoms with Crippen molar-refractivity contribution in [2.24, 2.45) is 5.92 Å². The lowest BCUT2D eigenvalue weighted by Crippen LogP contribution is -2.37. The van der Waals surface area contributed by atoms with Gasteiger partial charge < -0.3 is 9.73 Å². The second kappa shape index (κ2) is 9.04. The highest BCUT2D eigenvalue weighted by atomic mass is 32.2. The number of nitrogens with zero attached hydrogens (tertiary/aromatic N) is 2. The molecule has 4 aromatic rings. The van der Waals surface area contributed by atoms with Crippen LogP contribution in [0.2, 0.25) is 0 Å². The molecule has 1 aromatic heterocycles. The van der Waals surface area contributed by atoms with E-state index in [1.807, 2.05) is 36.4 Å². The Morgan fingerprint density at radius 1 is 0.971 bits per heavy atom. The van der Waals surface area contributed by atoms with Gasteiger partial charge in [-0.25, -0.2) is 13.4 Å². The Kier molecular flexibility index (Phi) is 5.93. The van der Waals surface area contributed by atoms with Crippen molar-refractivity contribution in [3.63, 3.8) is 0 Å². The molecule has 5 rings (SSSR count). The van der Waals surface area contributed by atoms with Gasteiger partial charge in [-0.05, 0) is 79.4 Å². The van der Waals surface area contributed by atoms with Crippen molar-refractivity contribution < 1.29 is 17.6 Å². The summed E-state index contributed by atoms with van der Waals surface area (Å²) in [5.41, 5.74) is 3.31. The molecule has 7 nitrogen and oxygen atoms in total. The number of piperidine rings is 1. The van der Waals surface area contributed by atoms with E-state index < -0.39 is 10.0 Å². The molecule has 2 heterocycles. The second-order valence-corrected chi connectivity index (χ2v) is 10.6. The number of sulfonamides is 1. The van der Waals surface area contributed by atoms with E-state index in [9.17, 15) is 13.2 Å². The maximum atomic E-state index is 12.9. The van der Waals surface area contributed by atoms with Crippen molar-refractivity contribution in [3.8, 4) is 11.5 Å². The van der Waals surface area contributed by atoms with Gasteiger partial charge in [-0.1, -0.05) is 19.1 Å². The first-order valence-electron chi connectivity index (χ1n) is 11.3. The average Bonchev–Trinajstić information content (AvgIpc) is 3.29. The molecule has 1 aliphatic heterocycles. The number of carbonyl (C=O) groups excluding carboxylic acids is 1. The third kappa shape index (κ3) is 4.47. The van der Waals surface area contributed by atoms with E-state index in [1.54, 1.807) is 24.3 Å². The summed E-state index contributed by atoms with van der Waals surface area (Å²) in [6.07, 6.45) is 1.73. The summed E-state index contributed by atoms with van der Waals surface area (Å²) in [6, 6.07) is 20.8. The number of nitrogens with one attached hydrogen (secondary N) is 1. The standard InChI is InChI=1S/C26H25N3O4S/c1-18-14-16-29(17-15-18)34(31,32)22-12-8-19(9-13-22)25(30)27-21-10-6-20(7-11-21)26-28-23-4-2-3-5-24(23)33-26/h2-13,18H,14-17H2,1H3,(H,27,30). The summed E-state index contributed by atoms with van der Waals surface area (Å²) in [5.74, 6) is 0.742. The van der Waals surface area contributed by atoms with E-state index in [4.69, 9.17) is 4.42 Å². The largest absolute Gasteiger partial charge is 0.436 e. The fraction of sp³-hybridized carbons (Fsp3) is 0.231. The number of rotatable bonds is 5. The minimum atomic E-state index is -3.54. The molecule has 1 fully saturated rings. The average molecular weight is 476 g/mol. The topological polar surface area (TPSA) is 92.5 Å². The molecule has 34 heavy (non-hydrogen) atoms. The van der Waals surface area contributed by atoms with Crippen molar-refractivity contribution in [1.29, 1.82) is 0 Å². The van der Waals surface area contributed by atoms with Crippen LogP contribution in [-0.4, -0.2) is 36.7 Å². The normalized spacial score (nSPS) is 15.4. The van der Waals surface area contributed by atoms with Crippen LogP contribution in [0.3, 0.4) is 0 Å². The number of aromatic nitrogens is 1. The molecule has 1 N–H and O–H groups in total. The van der Waals surface area contributed by atoms with E-state index in [0.717, 1.165) is 29.5 Å². The summed E-state index contributed by atoms with van der Waals surface area (Å²) < 4.78 is 33.1. The van der Waals surface area contributed by atoms with Gasteiger partial charge in [-0.3, -0.25) is 4.79 Å². The third-order valence-corrected chi connectivity index (χ3v) is 8.09. The zero-order valence-electron chi connectivity index (χ0n) is 18.8. The van der Waals surface area contributed by atoms with Crippen molar-refractivity contribution in [2.75, 3.05) is 18.4 Å². The van der Waals surface area contributed by atoms with Gasteiger partial charge >= 0.3 is 0 Å². The predicted molar refractivity (Wildman–Crippen MR) is 131 cm³/mol. The Balaban J connectivity index is 1.26. The van der Waals surface area contributed by atoms with Crippen LogP contribution >= 0.6 is 0 Å². The van der Waals surface area contributed by atoms with E-state index in [2.05, 4.69) is 17.2 Å². The molecule has 3 aromatic carbocycles. The van der Waals surface area contributed by atoms with Crippen LogP contribution in [0, 0.1) is 5.92 Å². The molecule has 174 valence electrons. The molecule has 0 radical (unpaired) electrons. The molecule has 0 bridgehead atoms. The van der Waals surface area contributed by atoms with Gasteiger partial charge in [-0.15, -0.1) is 0 Å². The lowest BCUT2D eigenvalue weighted by Gasteiger charge is -2.29.